The monoisotopic (exact) mass is 263 g/mol. The van der Waals surface area contributed by atoms with E-state index in [1.807, 2.05) is 0 Å². The highest BCUT2D eigenvalue weighted by molar-refractivity contribution is 5.99. The summed E-state index contributed by atoms with van der Waals surface area (Å²) in [6.45, 7) is 0. The highest BCUT2D eigenvalue weighted by Crippen LogP contribution is 2.33. The summed E-state index contributed by atoms with van der Waals surface area (Å²) in [5, 5.41) is 14.6. The number of nitrogens with two attached hydrogens (primary N) is 1. The van der Waals surface area contributed by atoms with E-state index in [4.69, 9.17) is 5.73 Å². The van der Waals surface area contributed by atoms with E-state index in [0.29, 0.717) is 0 Å². The second-order valence-corrected chi connectivity index (χ2v) is 3.56. The summed E-state index contributed by atoms with van der Waals surface area (Å²) < 4.78 is 9.26. The van der Waals surface area contributed by atoms with Crippen LogP contribution in [0.15, 0.2) is 28.8 Å². The van der Waals surface area contributed by atoms with Crippen molar-refractivity contribution < 1.29 is 19.0 Å². The molecular weight excluding hydrogens is 254 g/mol. The number of nitrogens with zero attached hydrogens (tertiary/aromatic N) is 2. The fraction of sp³-hybridized carbons (Fsp3) is 0.0909. The predicted molar refractivity (Wildman–Crippen MR) is 64.3 cm³/mol. The van der Waals surface area contributed by atoms with Crippen LogP contribution < -0.4 is 5.73 Å². The molecule has 0 radical (unpaired) electrons. The number of nitro benzene ring substituents is 1. The number of carbonyl (C=O) groups is 1. The molecule has 2 aromatic rings. The molecule has 0 aliphatic heterocycles. The van der Waals surface area contributed by atoms with E-state index in [1.165, 1.54) is 31.4 Å². The SMILES string of the molecule is COC(=O)c1cccc([N+](=O)[O-])c1-c1cc(N)on1. The molecule has 0 unspecified atom stereocenters. The van der Waals surface area contributed by atoms with Crippen LogP contribution in [0.3, 0.4) is 0 Å². The number of rotatable bonds is 3. The molecule has 0 amide bonds. The molecule has 2 rings (SSSR count). The van der Waals surface area contributed by atoms with Crippen molar-refractivity contribution in [1.29, 1.82) is 0 Å². The third kappa shape index (κ3) is 2.23. The number of esters is 1. The Kier molecular flexibility index (Phi) is 3.15. The van der Waals surface area contributed by atoms with Crippen LogP contribution in [-0.2, 0) is 4.74 Å². The molecule has 1 aromatic carbocycles. The van der Waals surface area contributed by atoms with Gasteiger partial charge in [-0.2, -0.15) is 0 Å². The molecule has 98 valence electrons. The number of hydrogen-bond acceptors (Lipinski definition) is 7. The van der Waals surface area contributed by atoms with Gasteiger partial charge in [-0.3, -0.25) is 10.1 Å². The lowest BCUT2D eigenvalue weighted by Crippen LogP contribution is -2.05. The lowest BCUT2D eigenvalue weighted by molar-refractivity contribution is -0.384. The Morgan fingerprint density at radius 1 is 1.53 bits per heavy atom. The Bertz CT molecular complexity index is 650. The van der Waals surface area contributed by atoms with Crippen LogP contribution >= 0.6 is 0 Å². The van der Waals surface area contributed by atoms with E-state index in [-0.39, 0.29) is 28.4 Å². The number of aromatic nitrogens is 1. The van der Waals surface area contributed by atoms with Crippen molar-refractivity contribution in [1.82, 2.24) is 5.16 Å². The van der Waals surface area contributed by atoms with E-state index >= 15 is 0 Å². The quantitative estimate of drug-likeness (QED) is 0.507. The van der Waals surface area contributed by atoms with Crippen molar-refractivity contribution in [3.05, 3.63) is 39.9 Å². The van der Waals surface area contributed by atoms with Crippen molar-refractivity contribution >= 4 is 17.5 Å². The number of benzene rings is 1. The normalized spacial score (nSPS) is 10.2. The molecule has 1 aromatic heterocycles. The van der Waals surface area contributed by atoms with Crippen LogP contribution in [0.1, 0.15) is 10.4 Å². The maximum atomic E-state index is 11.7. The van der Waals surface area contributed by atoms with Crippen LogP contribution in [0.2, 0.25) is 0 Å². The number of hydrogen-bond donors (Lipinski definition) is 1. The minimum Gasteiger partial charge on any atom is -0.465 e. The molecule has 0 saturated heterocycles. The zero-order valence-corrected chi connectivity index (χ0v) is 9.82. The van der Waals surface area contributed by atoms with Gasteiger partial charge in [0.05, 0.1) is 23.2 Å². The summed E-state index contributed by atoms with van der Waals surface area (Å²) in [4.78, 5) is 22.1. The highest BCUT2D eigenvalue weighted by atomic mass is 16.6. The number of methoxy groups -OCH3 is 1. The zero-order valence-electron chi connectivity index (χ0n) is 9.82. The average Bonchev–Trinajstić information content (AvgIpc) is 2.83. The molecule has 0 fully saturated rings. The van der Waals surface area contributed by atoms with E-state index in [9.17, 15) is 14.9 Å². The molecule has 0 bridgehead atoms. The molecule has 19 heavy (non-hydrogen) atoms. The summed E-state index contributed by atoms with van der Waals surface area (Å²) in [6.07, 6.45) is 0. The van der Waals surface area contributed by atoms with Gasteiger partial charge in [0.1, 0.15) is 5.69 Å². The van der Waals surface area contributed by atoms with Crippen molar-refractivity contribution in [3.63, 3.8) is 0 Å². The third-order valence-electron chi connectivity index (χ3n) is 2.43. The van der Waals surface area contributed by atoms with Gasteiger partial charge in [-0.15, -0.1) is 0 Å². The smallest absolute Gasteiger partial charge is 0.338 e. The Morgan fingerprint density at radius 3 is 2.79 bits per heavy atom. The van der Waals surface area contributed by atoms with Crippen molar-refractivity contribution in [2.45, 2.75) is 0 Å². The Morgan fingerprint density at radius 2 is 2.26 bits per heavy atom. The first kappa shape index (κ1) is 12.6. The van der Waals surface area contributed by atoms with Gasteiger partial charge in [0.2, 0.25) is 5.88 Å². The average molecular weight is 263 g/mol. The van der Waals surface area contributed by atoms with E-state index in [0.717, 1.165) is 0 Å². The summed E-state index contributed by atoms with van der Waals surface area (Å²) in [7, 11) is 1.18. The summed E-state index contributed by atoms with van der Waals surface area (Å²) in [5.74, 6) is -0.718. The Hall–Kier alpha value is -2.90. The van der Waals surface area contributed by atoms with Crippen LogP contribution in [0, 0.1) is 10.1 Å². The number of anilines is 1. The molecule has 0 aliphatic carbocycles. The van der Waals surface area contributed by atoms with Crippen molar-refractivity contribution in [2.24, 2.45) is 0 Å². The summed E-state index contributed by atoms with van der Waals surface area (Å²) >= 11 is 0. The van der Waals surface area contributed by atoms with Crippen LogP contribution in [0.4, 0.5) is 11.6 Å². The van der Waals surface area contributed by atoms with Gasteiger partial charge < -0.3 is 15.0 Å². The van der Waals surface area contributed by atoms with Crippen LogP contribution in [0.25, 0.3) is 11.3 Å². The Labute approximate surface area is 106 Å². The van der Waals surface area contributed by atoms with Gasteiger partial charge >= 0.3 is 5.97 Å². The van der Waals surface area contributed by atoms with Gasteiger partial charge in [0.15, 0.2) is 0 Å². The number of carbonyl (C=O) groups excluding carboxylic acids is 1. The Balaban J connectivity index is 2.73. The van der Waals surface area contributed by atoms with Crippen molar-refractivity contribution in [3.8, 4) is 11.3 Å². The number of ether oxygens (including phenoxy) is 1. The van der Waals surface area contributed by atoms with Crippen LogP contribution in [0.5, 0.6) is 0 Å². The first-order chi connectivity index (χ1) is 9.04. The number of nitro groups is 1. The third-order valence-corrected chi connectivity index (χ3v) is 2.43. The minimum atomic E-state index is -0.708. The van der Waals surface area contributed by atoms with Gasteiger partial charge in [0, 0.05) is 12.1 Å². The van der Waals surface area contributed by atoms with Crippen molar-refractivity contribution in [2.75, 3.05) is 12.8 Å². The van der Waals surface area contributed by atoms with Gasteiger partial charge in [-0.05, 0) is 6.07 Å². The fourth-order valence-corrected chi connectivity index (χ4v) is 1.65. The zero-order chi connectivity index (χ0) is 14.0. The lowest BCUT2D eigenvalue weighted by atomic mass is 10.0. The first-order valence-electron chi connectivity index (χ1n) is 5.13. The fourth-order valence-electron chi connectivity index (χ4n) is 1.65. The molecular formula is C11H9N3O5. The second-order valence-electron chi connectivity index (χ2n) is 3.56. The molecule has 0 spiro atoms. The first-order valence-corrected chi connectivity index (χ1v) is 5.13. The largest absolute Gasteiger partial charge is 0.465 e. The minimum absolute atomic E-state index is 0.0102. The molecule has 8 heteroatoms. The van der Waals surface area contributed by atoms with E-state index in [2.05, 4.69) is 14.4 Å². The highest BCUT2D eigenvalue weighted by Gasteiger charge is 2.25. The molecule has 0 saturated carbocycles. The molecule has 2 N–H and O–H groups in total. The van der Waals surface area contributed by atoms with Crippen LogP contribution in [-0.4, -0.2) is 23.2 Å². The standard InChI is InChI=1S/C11H9N3O5/c1-18-11(15)6-3-2-4-8(14(16)17)10(6)7-5-9(12)19-13-7/h2-5H,12H2,1H3. The topological polar surface area (TPSA) is 121 Å². The van der Waals surface area contributed by atoms with Gasteiger partial charge in [-0.1, -0.05) is 11.2 Å². The van der Waals surface area contributed by atoms with Gasteiger partial charge in [0.25, 0.3) is 5.69 Å². The molecule has 0 aliphatic rings. The molecule has 0 atom stereocenters. The number of nitrogen functional groups attached to an aromatic ring is 1. The molecule has 8 nitrogen and oxygen atoms in total. The second kappa shape index (κ2) is 4.77. The molecule has 1 heterocycles. The maximum Gasteiger partial charge on any atom is 0.338 e. The lowest BCUT2D eigenvalue weighted by Gasteiger charge is -2.05. The summed E-state index contributed by atoms with van der Waals surface area (Å²) in [5.41, 5.74) is 5.24. The van der Waals surface area contributed by atoms with Gasteiger partial charge in [-0.25, -0.2) is 4.79 Å². The summed E-state index contributed by atoms with van der Waals surface area (Å²) in [6, 6.07) is 5.35. The van der Waals surface area contributed by atoms with E-state index < -0.39 is 10.9 Å². The predicted octanol–water partition coefficient (Wildman–Crippen LogP) is 1.62. The maximum absolute atomic E-state index is 11.7. The van der Waals surface area contributed by atoms with E-state index in [1.54, 1.807) is 0 Å².